The maximum Gasteiger partial charge on any atom is 0.279 e. The second-order valence-corrected chi connectivity index (χ2v) is 4.48. The molecule has 1 atom stereocenters. The molecule has 0 spiro atoms. The van der Waals surface area contributed by atoms with E-state index in [0.29, 0.717) is 0 Å². The van der Waals surface area contributed by atoms with E-state index in [9.17, 15) is 9.59 Å². The lowest BCUT2D eigenvalue weighted by Crippen LogP contribution is -2.71. The van der Waals surface area contributed by atoms with Crippen LogP contribution in [0.1, 0.15) is 33.6 Å². The molecule has 4 N–H and O–H groups in total. The minimum Gasteiger partial charge on any atom is -0.347 e. The molecule has 80 valence electrons. The summed E-state index contributed by atoms with van der Waals surface area (Å²) in [6.07, 6.45) is 1.55. The van der Waals surface area contributed by atoms with Crippen LogP contribution in [0.15, 0.2) is 0 Å². The molecule has 0 heterocycles. The van der Waals surface area contributed by atoms with Crippen molar-refractivity contribution in [1.82, 2.24) is 5.32 Å². The molecule has 1 aliphatic rings. The molecule has 0 aromatic rings. The molecule has 1 amide bonds. The van der Waals surface area contributed by atoms with E-state index in [1.165, 1.54) is 6.92 Å². The molecule has 4 nitrogen and oxygen atoms in total. The molecule has 14 heavy (non-hydrogen) atoms. The van der Waals surface area contributed by atoms with Crippen molar-refractivity contribution < 1.29 is 15.3 Å². The summed E-state index contributed by atoms with van der Waals surface area (Å²) in [5.41, 5.74) is 3.25. The third-order valence-corrected chi connectivity index (χ3v) is 2.93. The molecular weight excluding hydrogens is 180 g/mol. The average molecular weight is 199 g/mol. The Morgan fingerprint density at radius 1 is 1.36 bits per heavy atom. The number of carbonyl (C=O) groups excluding carboxylic acids is 2. The van der Waals surface area contributed by atoms with Crippen LogP contribution in [0.5, 0.6) is 0 Å². The lowest BCUT2D eigenvalue weighted by Gasteiger charge is -2.17. The van der Waals surface area contributed by atoms with Crippen LogP contribution >= 0.6 is 0 Å². The van der Waals surface area contributed by atoms with Gasteiger partial charge in [-0.2, -0.15) is 0 Å². The van der Waals surface area contributed by atoms with Gasteiger partial charge < -0.3 is 11.1 Å². The minimum absolute atomic E-state index is 0.0572. The predicted octanol–water partition coefficient (Wildman–Crippen LogP) is -0.509. The molecule has 4 heteroatoms. The fourth-order valence-electron chi connectivity index (χ4n) is 1.32. The zero-order valence-corrected chi connectivity index (χ0v) is 9.09. The third-order valence-electron chi connectivity index (χ3n) is 2.93. The first-order valence-electron chi connectivity index (χ1n) is 5.05. The maximum absolute atomic E-state index is 11.6. The van der Waals surface area contributed by atoms with Crippen molar-refractivity contribution in [2.45, 2.75) is 45.2 Å². The van der Waals surface area contributed by atoms with Gasteiger partial charge >= 0.3 is 0 Å². The van der Waals surface area contributed by atoms with Gasteiger partial charge in [-0.25, -0.2) is 0 Å². The summed E-state index contributed by atoms with van der Waals surface area (Å²) in [5, 5.41) is 2.80. The summed E-state index contributed by atoms with van der Waals surface area (Å²) in [4.78, 5) is 22.8. The lowest BCUT2D eigenvalue weighted by molar-refractivity contribution is -0.414. The molecule has 0 saturated heterocycles. The first-order valence-corrected chi connectivity index (χ1v) is 5.05. The molecule has 0 aromatic heterocycles. The van der Waals surface area contributed by atoms with Crippen molar-refractivity contribution in [2.24, 2.45) is 5.92 Å². The lowest BCUT2D eigenvalue weighted by atomic mass is 10.0. The van der Waals surface area contributed by atoms with E-state index in [0.717, 1.165) is 12.8 Å². The van der Waals surface area contributed by atoms with Gasteiger partial charge in [0.2, 0.25) is 0 Å². The van der Waals surface area contributed by atoms with Crippen LogP contribution in [0.4, 0.5) is 0 Å². The van der Waals surface area contributed by atoms with Crippen molar-refractivity contribution in [2.75, 3.05) is 0 Å². The van der Waals surface area contributed by atoms with Crippen LogP contribution in [0.3, 0.4) is 0 Å². The van der Waals surface area contributed by atoms with Crippen LogP contribution in [-0.2, 0) is 9.59 Å². The number of hydrogen-bond acceptors (Lipinski definition) is 2. The molecule has 1 rings (SSSR count). The molecule has 0 unspecified atom stereocenters. The average Bonchev–Trinajstić information content (AvgIpc) is 2.84. The number of carbonyl (C=O) groups is 2. The Hall–Kier alpha value is -0.900. The van der Waals surface area contributed by atoms with Crippen LogP contribution in [0.25, 0.3) is 0 Å². The van der Waals surface area contributed by atoms with Gasteiger partial charge in [-0.05, 0) is 19.8 Å². The van der Waals surface area contributed by atoms with Gasteiger partial charge in [0.15, 0.2) is 11.8 Å². The van der Waals surface area contributed by atoms with E-state index in [4.69, 9.17) is 0 Å². The Labute approximate surface area is 84.2 Å². The largest absolute Gasteiger partial charge is 0.347 e. The summed E-state index contributed by atoms with van der Waals surface area (Å²) in [6, 6.07) is -0.271. The summed E-state index contributed by atoms with van der Waals surface area (Å²) in [6.45, 7) is 5.43. The van der Waals surface area contributed by atoms with Crippen molar-refractivity contribution in [1.29, 1.82) is 0 Å². The second kappa shape index (κ2) is 3.69. The Morgan fingerprint density at radius 2 is 1.86 bits per heavy atom. The molecular formula is C10H19N2O2+. The van der Waals surface area contributed by atoms with Gasteiger partial charge in [0.25, 0.3) is 5.91 Å². The third kappa shape index (κ3) is 2.12. The van der Waals surface area contributed by atoms with E-state index in [1.807, 2.05) is 13.8 Å². The zero-order valence-electron chi connectivity index (χ0n) is 9.09. The summed E-state index contributed by atoms with van der Waals surface area (Å²) >= 11 is 0. The van der Waals surface area contributed by atoms with Gasteiger partial charge in [-0.15, -0.1) is 0 Å². The Kier molecular flexibility index (Phi) is 2.95. The Bertz CT molecular complexity index is 257. The molecule has 0 aromatic carbocycles. The van der Waals surface area contributed by atoms with Crippen molar-refractivity contribution in [3.63, 3.8) is 0 Å². The normalized spacial score (nSPS) is 20.4. The van der Waals surface area contributed by atoms with Gasteiger partial charge in [0.1, 0.15) is 0 Å². The van der Waals surface area contributed by atoms with E-state index >= 15 is 0 Å². The summed E-state index contributed by atoms with van der Waals surface area (Å²) in [5.74, 6) is 0.160. The first-order chi connectivity index (χ1) is 6.39. The maximum atomic E-state index is 11.6. The quantitative estimate of drug-likeness (QED) is 0.640. The molecule has 0 aliphatic heterocycles. The highest BCUT2D eigenvalue weighted by Crippen LogP contribution is 2.36. The number of hydrogen-bond donors (Lipinski definition) is 2. The van der Waals surface area contributed by atoms with Crippen molar-refractivity contribution in [3.05, 3.63) is 0 Å². The highest BCUT2D eigenvalue weighted by atomic mass is 16.2. The molecule has 1 aliphatic carbocycles. The number of nitrogens with one attached hydrogen (secondary N) is 1. The van der Waals surface area contributed by atoms with Gasteiger partial charge in [-0.1, -0.05) is 13.8 Å². The number of ketones is 1. The smallest absolute Gasteiger partial charge is 0.279 e. The zero-order chi connectivity index (χ0) is 10.9. The number of quaternary nitrogens is 1. The number of Topliss-reactive ketones (excluding diaryl/α,β-unsaturated/α-hetero) is 1. The standard InChI is InChI=1S/C10H18N2O2/c1-6(2)8(11)9(14)12-10(4-5-10)7(3)13/h6,8H,4-5,11H2,1-3H3,(H,12,14)/p+1/t8-/m0/s1. The molecule has 0 bridgehead atoms. The van der Waals surface area contributed by atoms with Gasteiger partial charge in [-0.3, -0.25) is 9.59 Å². The predicted molar refractivity (Wildman–Crippen MR) is 52.3 cm³/mol. The van der Waals surface area contributed by atoms with Crippen LogP contribution in [0.2, 0.25) is 0 Å². The number of amides is 1. The Balaban J connectivity index is 2.53. The SMILES string of the molecule is CC(=O)C1(NC(=O)[C@@H]([NH3+])C(C)C)CC1. The van der Waals surface area contributed by atoms with E-state index in [1.54, 1.807) is 0 Å². The van der Waals surface area contributed by atoms with E-state index in [-0.39, 0.29) is 23.7 Å². The van der Waals surface area contributed by atoms with E-state index in [2.05, 4.69) is 11.1 Å². The van der Waals surface area contributed by atoms with E-state index < -0.39 is 5.54 Å². The summed E-state index contributed by atoms with van der Waals surface area (Å²) < 4.78 is 0. The highest BCUT2D eigenvalue weighted by Gasteiger charge is 2.49. The van der Waals surface area contributed by atoms with Crippen LogP contribution in [0, 0.1) is 5.92 Å². The number of rotatable bonds is 4. The van der Waals surface area contributed by atoms with Crippen molar-refractivity contribution in [3.8, 4) is 0 Å². The van der Waals surface area contributed by atoms with Gasteiger partial charge in [0, 0.05) is 5.92 Å². The van der Waals surface area contributed by atoms with Crippen LogP contribution < -0.4 is 11.1 Å². The first kappa shape index (κ1) is 11.2. The minimum atomic E-state index is -0.540. The van der Waals surface area contributed by atoms with Gasteiger partial charge in [0.05, 0.1) is 5.54 Å². The molecule has 0 radical (unpaired) electrons. The fourth-order valence-corrected chi connectivity index (χ4v) is 1.32. The topological polar surface area (TPSA) is 73.8 Å². The fraction of sp³-hybridized carbons (Fsp3) is 0.800. The molecule has 1 saturated carbocycles. The van der Waals surface area contributed by atoms with Crippen molar-refractivity contribution >= 4 is 11.7 Å². The summed E-state index contributed by atoms with van der Waals surface area (Å²) in [7, 11) is 0. The second-order valence-electron chi connectivity index (χ2n) is 4.48. The van der Waals surface area contributed by atoms with Crippen LogP contribution in [-0.4, -0.2) is 23.3 Å². The molecule has 1 fully saturated rings. The monoisotopic (exact) mass is 199 g/mol. The Morgan fingerprint density at radius 3 is 2.14 bits per heavy atom. The highest BCUT2D eigenvalue weighted by molar-refractivity contribution is 5.94.